The number of amides is 1. The minimum absolute atomic E-state index is 0.00184. The number of nitrogens with one attached hydrogen (secondary N) is 1. The van der Waals surface area contributed by atoms with Crippen molar-refractivity contribution in [3.8, 4) is 5.75 Å². The Bertz CT molecular complexity index is 892. The molecule has 1 fully saturated rings. The molecule has 1 aliphatic heterocycles. The summed E-state index contributed by atoms with van der Waals surface area (Å²) in [6.45, 7) is -1.85. The van der Waals surface area contributed by atoms with E-state index in [2.05, 4.69) is 10.1 Å². The van der Waals surface area contributed by atoms with Crippen molar-refractivity contribution in [1.29, 1.82) is 0 Å². The summed E-state index contributed by atoms with van der Waals surface area (Å²) in [5.74, 6) is -0.331. The van der Waals surface area contributed by atoms with Crippen LogP contribution in [0, 0.1) is 0 Å². The number of carbonyl (C=O) groups excluding carboxylic acids is 1. The van der Waals surface area contributed by atoms with E-state index >= 15 is 0 Å². The molecule has 1 N–H and O–H groups in total. The van der Waals surface area contributed by atoms with E-state index in [-0.39, 0.29) is 22.3 Å². The van der Waals surface area contributed by atoms with Crippen LogP contribution in [0.15, 0.2) is 40.6 Å². The number of halogens is 2. The highest BCUT2D eigenvalue weighted by atomic mass is 32.2. The van der Waals surface area contributed by atoms with E-state index in [9.17, 15) is 22.0 Å². The molecule has 27 heavy (non-hydrogen) atoms. The third-order valence-corrected chi connectivity index (χ3v) is 7.45. The minimum Gasteiger partial charge on any atom is -0.435 e. The first-order chi connectivity index (χ1) is 12.8. The first-order valence-corrected chi connectivity index (χ1v) is 10.5. The molecule has 6 nitrogen and oxygen atoms in total. The molecule has 1 aromatic heterocycles. The van der Waals surface area contributed by atoms with Gasteiger partial charge in [0.1, 0.15) is 9.96 Å². The fraction of sp³-hybridized carbons (Fsp3) is 0.353. The van der Waals surface area contributed by atoms with Gasteiger partial charge in [0.2, 0.25) is 5.91 Å². The van der Waals surface area contributed by atoms with Crippen LogP contribution in [0.3, 0.4) is 0 Å². The van der Waals surface area contributed by atoms with Crippen LogP contribution in [-0.4, -0.2) is 38.3 Å². The zero-order valence-corrected chi connectivity index (χ0v) is 15.9. The van der Waals surface area contributed by atoms with Gasteiger partial charge in [0.15, 0.2) is 0 Å². The van der Waals surface area contributed by atoms with E-state index in [1.807, 2.05) is 0 Å². The number of anilines is 1. The minimum atomic E-state index is -3.48. The largest absolute Gasteiger partial charge is 0.435 e. The highest BCUT2D eigenvalue weighted by Crippen LogP contribution is 2.28. The maximum Gasteiger partial charge on any atom is 0.387 e. The molecule has 0 radical (unpaired) electrons. The normalized spacial score (nSPS) is 15.2. The smallest absolute Gasteiger partial charge is 0.387 e. The standard InChI is InChI=1S/C17H18F2N2O4S2/c18-17(19)25-13-5-3-12(4-6-13)20-15(22)11-14-7-8-16(26-14)27(23,24)21-9-1-2-10-21/h3-8,17H,1-2,9-11H2,(H,20,22). The Kier molecular flexibility index (Phi) is 6.08. The average Bonchev–Trinajstić information content (AvgIpc) is 3.28. The summed E-state index contributed by atoms with van der Waals surface area (Å²) in [5, 5.41) is 2.64. The molecule has 1 aliphatic rings. The van der Waals surface area contributed by atoms with Crippen LogP contribution in [0.2, 0.25) is 0 Å². The second-order valence-corrected chi connectivity index (χ2v) is 9.29. The number of thiophene rings is 1. The number of carbonyl (C=O) groups is 1. The van der Waals surface area contributed by atoms with Gasteiger partial charge in [0.25, 0.3) is 10.0 Å². The van der Waals surface area contributed by atoms with Crippen molar-refractivity contribution < 1.29 is 26.7 Å². The number of alkyl halides is 2. The van der Waals surface area contributed by atoms with Gasteiger partial charge in [-0.2, -0.15) is 13.1 Å². The first kappa shape index (κ1) is 19.7. The summed E-state index contributed by atoms with van der Waals surface area (Å²) >= 11 is 1.08. The van der Waals surface area contributed by atoms with Gasteiger partial charge < -0.3 is 10.1 Å². The monoisotopic (exact) mass is 416 g/mol. The Hall–Kier alpha value is -2.04. The number of hydrogen-bond donors (Lipinski definition) is 1. The number of benzene rings is 1. The summed E-state index contributed by atoms with van der Waals surface area (Å²) in [5.41, 5.74) is 0.433. The molecule has 1 amide bonds. The quantitative estimate of drug-likeness (QED) is 0.751. The van der Waals surface area contributed by atoms with Crippen molar-refractivity contribution in [2.24, 2.45) is 0 Å². The summed E-state index contributed by atoms with van der Waals surface area (Å²) in [6, 6.07) is 8.71. The molecule has 0 saturated carbocycles. The lowest BCUT2D eigenvalue weighted by atomic mass is 10.2. The number of nitrogens with zero attached hydrogens (tertiary/aromatic N) is 1. The highest BCUT2D eigenvalue weighted by molar-refractivity contribution is 7.91. The molecular formula is C17H18F2N2O4S2. The Labute approximate surface area is 159 Å². The van der Waals surface area contributed by atoms with E-state index in [4.69, 9.17) is 0 Å². The van der Waals surface area contributed by atoms with E-state index in [1.54, 1.807) is 6.07 Å². The number of ether oxygens (including phenoxy) is 1. The van der Waals surface area contributed by atoms with Gasteiger partial charge >= 0.3 is 6.61 Å². The summed E-state index contributed by atoms with van der Waals surface area (Å²) < 4.78 is 55.2. The van der Waals surface area contributed by atoms with Crippen molar-refractivity contribution in [2.75, 3.05) is 18.4 Å². The van der Waals surface area contributed by atoms with Gasteiger partial charge in [-0.25, -0.2) is 8.42 Å². The number of hydrogen-bond acceptors (Lipinski definition) is 5. The van der Waals surface area contributed by atoms with E-state index < -0.39 is 16.6 Å². The Balaban J connectivity index is 1.59. The van der Waals surface area contributed by atoms with Crippen LogP contribution in [-0.2, 0) is 21.2 Å². The molecule has 146 valence electrons. The maximum absolute atomic E-state index is 12.5. The van der Waals surface area contributed by atoms with Gasteiger partial charge in [-0.1, -0.05) is 0 Å². The van der Waals surface area contributed by atoms with Crippen LogP contribution < -0.4 is 10.1 Å². The summed E-state index contributed by atoms with van der Waals surface area (Å²) in [7, 11) is -3.48. The molecular weight excluding hydrogens is 398 g/mol. The molecule has 2 aromatic rings. The molecule has 0 aliphatic carbocycles. The second kappa shape index (κ2) is 8.32. The predicted molar refractivity (Wildman–Crippen MR) is 97.7 cm³/mol. The van der Waals surface area contributed by atoms with Gasteiger partial charge in [-0.05, 0) is 49.2 Å². The molecule has 0 bridgehead atoms. The van der Waals surface area contributed by atoms with Crippen molar-refractivity contribution in [3.63, 3.8) is 0 Å². The number of rotatable bonds is 7. The third kappa shape index (κ3) is 5.02. The fourth-order valence-corrected chi connectivity index (χ4v) is 5.76. The molecule has 1 aromatic carbocycles. The lowest BCUT2D eigenvalue weighted by molar-refractivity contribution is -0.115. The molecule has 10 heteroatoms. The SMILES string of the molecule is O=C(Cc1ccc(S(=O)(=O)N2CCCC2)s1)Nc1ccc(OC(F)F)cc1. The van der Waals surface area contributed by atoms with Crippen molar-refractivity contribution in [2.45, 2.75) is 30.1 Å². The lowest BCUT2D eigenvalue weighted by Gasteiger charge is -2.13. The van der Waals surface area contributed by atoms with Crippen LogP contribution in [0.4, 0.5) is 14.5 Å². The van der Waals surface area contributed by atoms with E-state index in [0.717, 1.165) is 24.2 Å². The zero-order chi connectivity index (χ0) is 19.4. The fourth-order valence-electron chi connectivity index (χ4n) is 2.73. The summed E-state index contributed by atoms with van der Waals surface area (Å²) in [6.07, 6.45) is 1.75. The Morgan fingerprint density at radius 3 is 2.44 bits per heavy atom. The maximum atomic E-state index is 12.5. The molecule has 2 heterocycles. The van der Waals surface area contributed by atoms with Crippen molar-refractivity contribution in [1.82, 2.24) is 4.31 Å². The predicted octanol–water partition coefficient (Wildman–Crippen LogP) is 3.32. The van der Waals surface area contributed by atoms with Crippen LogP contribution in [0.25, 0.3) is 0 Å². The molecule has 0 atom stereocenters. The van der Waals surface area contributed by atoms with E-state index in [1.165, 1.54) is 34.6 Å². The van der Waals surface area contributed by atoms with Crippen LogP contribution >= 0.6 is 11.3 Å². The van der Waals surface area contributed by atoms with Crippen LogP contribution in [0.5, 0.6) is 5.75 Å². The zero-order valence-electron chi connectivity index (χ0n) is 14.2. The first-order valence-electron chi connectivity index (χ1n) is 8.28. The Morgan fingerprint density at radius 2 is 1.81 bits per heavy atom. The van der Waals surface area contributed by atoms with Gasteiger partial charge in [0, 0.05) is 23.7 Å². The van der Waals surface area contributed by atoms with Crippen molar-refractivity contribution in [3.05, 3.63) is 41.3 Å². The van der Waals surface area contributed by atoms with Gasteiger partial charge in [-0.3, -0.25) is 4.79 Å². The van der Waals surface area contributed by atoms with Gasteiger partial charge in [0.05, 0.1) is 6.42 Å². The second-order valence-electron chi connectivity index (χ2n) is 5.96. The topological polar surface area (TPSA) is 75.7 Å². The van der Waals surface area contributed by atoms with Crippen LogP contribution in [0.1, 0.15) is 17.7 Å². The summed E-state index contributed by atoms with van der Waals surface area (Å²) in [4.78, 5) is 12.8. The lowest BCUT2D eigenvalue weighted by Crippen LogP contribution is -2.27. The Morgan fingerprint density at radius 1 is 1.15 bits per heavy atom. The molecule has 3 rings (SSSR count). The third-order valence-electron chi connectivity index (χ3n) is 3.99. The van der Waals surface area contributed by atoms with Gasteiger partial charge in [-0.15, -0.1) is 11.3 Å². The molecule has 1 saturated heterocycles. The molecule has 0 unspecified atom stereocenters. The average molecular weight is 416 g/mol. The van der Waals surface area contributed by atoms with E-state index in [0.29, 0.717) is 23.7 Å². The highest BCUT2D eigenvalue weighted by Gasteiger charge is 2.28. The molecule has 0 spiro atoms. The van der Waals surface area contributed by atoms with Crippen molar-refractivity contribution >= 4 is 33.0 Å². The number of sulfonamides is 1.